The number of nitrogens with one attached hydrogen (secondary N) is 1. The van der Waals surface area contributed by atoms with Crippen LogP contribution < -0.4 is 4.83 Å². The third-order valence-corrected chi connectivity index (χ3v) is 4.90. The summed E-state index contributed by atoms with van der Waals surface area (Å²) in [7, 11) is -3.93. The molecule has 25 heavy (non-hydrogen) atoms. The normalized spacial score (nSPS) is 11.7. The fourth-order valence-corrected chi connectivity index (χ4v) is 3.29. The highest BCUT2D eigenvalue weighted by Gasteiger charge is 2.22. The van der Waals surface area contributed by atoms with Crippen LogP contribution in [0.5, 0.6) is 0 Å². The van der Waals surface area contributed by atoms with Crippen LogP contribution in [0.25, 0.3) is 11.1 Å². The first-order valence-electron chi connectivity index (χ1n) is 7.39. The van der Waals surface area contributed by atoms with Gasteiger partial charge >= 0.3 is 0 Å². The number of sulfonamides is 1. The molecule has 3 aromatic rings. The minimum absolute atomic E-state index is 0.0148. The summed E-state index contributed by atoms with van der Waals surface area (Å²) in [6.07, 6.45) is -1.59. The third kappa shape index (κ3) is 3.69. The standard InChI is InChI=1S/C17H15F2N3O2S/c1-12-7-9-13(10-8-12)15-11-22(20-16(15)17(18)19)21-25(23,24)14-5-3-2-4-6-14/h2-11,17,21H,1H3. The second-order valence-electron chi connectivity index (χ2n) is 5.45. The lowest BCUT2D eigenvalue weighted by atomic mass is 10.1. The zero-order chi connectivity index (χ0) is 18.0. The summed E-state index contributed by atoms with van der Waals surface area (Å²) in [5.41, 5.74) is 1.20. The maximum atomic E-state index is 13.3. The molecule has 0 aliphatic carbocycles. The van der Waals surface area contributed by atoms with Crippen LogP contribution in [0, 0.1) is 6.92 Å². The van der Waals surface area contributed by atoms with Gasteiger partial charge in [0.25, 0.3) is 16.4 Å². The van der Waals surface area contributed by atoms with E-state index in [1.165, 1.54) is 18.3 Å². The van der Waals surface area contributed by atoms with Gasteiger partial charge in [0, 0.05) is 5.56 Å². The molecule has 0 saturated carbocycles. The van der Waals surface area contributed by atoms with Crippen molar-refractivity contribution < 1.29 is 17.2 Å². The molecule has 0 saturated heterocycles. The van der Waals surface area contributed by atoms with Gasteiger partial charge in [-0.3, -0.25) is 0 Å². The highest BCUT2D eigenvalue weighted by atomic mass is 32.2. The predicted molar refractivity (Wildman–Crippen MR) is 90.3 cm³/mol. The van der Waals surface area contributed by atoms with Crippen LogP contribution in [0.3, 0.4) is 0 Å². The molecule has 0 bridgehead atoms. The number of aromatic nitrogens is 2. The molecule has 3 rings (SSSR count). The minimum Gasteiger partial charge on any atom is -0.203 e. The van der Waals surface area contributed by atoms with Gasteiger partial charge in [-0.25, -0.2) is 13.6 Å². The van der Waals surface area contributed by atoms with Gasteiger partial charge in [0.1, 0.15) is 5.69 Å². The average molecular weight is 363 g/mol. The van der Waals surface area contributed by atoms with Crippen molar-refractivity contribution in [2.75, 3.05) is 4.83 Å². The number of aryl methyl sites for hydroxylation is 1. The van der Waals surface area contributed by atoms with Crippen LogP contribution in [0.4, 0.5) is 8.78 Å². The van der Waals surface area contributed by atoms with Crippen molar-refractivity contribution in [2.24, 2.45) is 0 Å². The lowest BCUT2D eigenvalue weighted by Crippen LogP contribution is -2.23. The van der Waals surface area contributed by atoms with Gasteiger partial charge in [-0.05, 0) is 24.6 Å². The van der Waals surface area contributed by atoms with Crippen LogP contribution in [0.15, 0.2) is 65.7 Å². The number of halogens is 2. The van der Waals surface area contributed by atoms with Crippen molar-refractivity contribution in [1.82, 2.24) is 9.89 Å². The average Bonchev–Trinajstić information content (AvgIpc) is 3.00. The van der Waals surface area contributed by atoms with Crippen molar-refractivity contribution >= 4 is 10.0 Å². The number of benzene rings is 2. The van der Waals surface area contributed by atoms with Gasteiger partial charge in [-0.2, -0.15) is 18.3 Å². The molecule has 1 heterocycles. The molecule has 2 aromatic carbocycles. The summed E-state index contributed by atoms with van der Waals surface area (Å²) in [6, 6.07) is 14.6. The Morgan fingerprint density at radius 2 is 1.68 bits per heavy atom. The number of nitrogens with zero attached hydrogens (tertiary/aromatic N) is 2. The molecule has 0 atom stereocenters. The maximum Gasteiger partial charge on any atom is 0.282 e. The monoisotopic (exact) mass is 363 g/mol. The molecule has 0 radical (unpaired) electrons. The van der Waals surface area contributed by atoms with E-state index in [4.69, 9.17) is 0 Å². The third-order valence-electron chi connectivity index (χ3n) is 3.58. The highest BCUT2D eigenvalue weighted by molar-refractivity contribution is 7.92. The first kappa shape index (κ1) is 17.1. The maximum absolute atomic E-state index is 13.3. The smallest absolute Gasteiger partial charge is 0.203 e. The lowest BCUT2D eigenvalue weighted by Gasteiger charge is -2.07. The van der Waals surface area contributed by atoms with Crippen molar-refractivity contribution in [3.63, 3.8) is 0 Å². The molecule has 0 fully saturated rings. The number of alkyl halides is 2. The van der Waals surface area contributed by atoms with Gasteiger partial charge in [0.15, 0.2) is 0 Å². The summed E-state index contributed by atoms with van der Waals surface area (Å²) in [4.78, 5) is 3.00. The van der Waals surface area contributed by atoms with Crippen molar-refractivity contribution in [1.29, 1.82) is 0 Å². The predicted octanol–water partition coefficient (Wildman–Crippen LogP) is 3.73. The fourth-order valence-electron chi connectivity index (χ4n) is 2.33. The molecule has 8 heteroatoms. The van der Waals surface area contributed by atoms with E-state index in [1.807, 2.05) is 6.92 Å². The summed E-state index contributed by atoms with van der Waals surface area (Å²) in [6.45, 7) is 1.88. The van der Waals surface area contributed by atoms with Crippen LogP contribution in [0.2, 0.25) is 0 Å². The molecule has 0 aliphatic rings. The van der Waals surface area contributed by atoms with Crippen molar-refractivity contribution in [3.8, 4) is 11.1 Å². The minimum atomic E-state index is -3.93. The van der Waals surface area contributed by atoms with Crippen molar-refractivity contribution in [2.45, 2.75) is 18.2 Å². The number of hydrogen-bond acceptors (Lipinski definition) is 3. The summed E-state index contributed by atoms with van der Waals surface area (Å²) >= 11 is 0. The summed E-state index contributed by atoms with van der Waals surface area (Å²) in [5, 5.41) is 3.70. The van der Waals surface area contributed by atoms with E-state index >= 15 is 0 Å². The van der Waals surface area contributed by atoms with E-state index in [1.54, 1.807) is 42.5 Å². The molecule has 1 aromatic heterocycles. The molecule has 0 amide bonds. The molecule has 1 N–H and O–H groups in total. The highest BCUT2D eigenvalue weighted by Crippen LogP contribution is 2.30. The van der Waals surface area contributed by atoms with Gasteiger partial charge in [-0.15, -0.1) is 0 Å². The molecule has 130 valence electrons. The Hall–Kier alpha value is -2.74. The lowest BCUT2D eigenvalue weighted by molar-refractivity contribution is 0.146. The molecule has 0 aliphatic heterocycles. The topological polar surface area (TPSA) is 64.0 Å². The van der Waals surface area contributed by atoms with Gasteiger partial charge in [-0.1, -0.05) is 48.0 Å². The number of rotatable bonds is 5. The molecule has 0 spiro atoms. The Balaban J connectivity index is 1.98. The molecular weight excluding hydrogens is 348 g/mol. The Labute approximate surface area is 143 Å². The van der Waals surface area contributed by atoms with E-state index in [9.17, 15) is 17.2 Å². The molecular formula is C17H15F2N3O2S. The second kappa shape index (κ2) is 6.64. The molecule has 5 nitrogen and oxygen atoms in total. The van der Waals surface area contributed by atoms with E-state index in [0.717, 1.165) is 10.4 Å². The summed E-state index contributed by atoms with van der Waals surface area (Å²) < 4.78 is 51.2. The van der Waals surface area contributed by atoms with Gasteiger partial charge in [0.05, 0.1) is 11.1 Å². The van der Waals surface area contributed by atoms with E-state index in [-0.39, 0.29) is 10.5 Å². The van der Waals surface area contributed by atoms with E-state index < -0.39 is 22.1 Å². The quantitative estimate of drug-likeness (QED) is 0.751. The van der Waals surface area contributed by atoms with Crippen molar-refractivity contribution in [3.05, 3.63) is 72.1 Å². The van der Waals surface area contributed by atoms with E-state index in [2.05, 4.69) is 9.93 Å². The Morgan fingerprint density at radius 1 is 1.04 bits per heavy atom. The Morgan fingerprint density at radius 3 is 2.28 bits per heavy atom. The SMILES string of the molecule is Cc1ccc(-c2cn(NS(=O)(=O)c3ccccc3)nc2C(F)F)cc1. The fraction of sp³-hybridized carbons (Fsp3) is 0.118. The van der Waals surface area contributed by atoms with Crippen LogP contribution in [-0.2, 0) is 10.0 Å². The molecule has 0 unspecified atom stereocenters. The summed E-state index contributed by atoms with van der Waals surface area (Å²) in [5.74, 6) is 0. The largest absolute Gasteiger partial charge is 0.282 e. The van der Waals surface area contributed by atoms with Gasteiger partial charge < -0.3 is 0 Å². The first-order valence-corrected chi connectivity index (χ1v) is 8.88. The van der Waals surface area contributed by atoms with Crippen LogP contribution in [-0.4, -0.2) is 18.3 Å². The first-order chi connectivity index (χ1) is 11.9. The van der Waals surface area contributed by atoms with E-state index in [0.29, 0.717) is 5.56 Å². The zero-order valence-corrected chi connectivity index (χ0v) is 14.0. The van der Waals surface area contributed by atoms with Crippen LogP contribution in [0.1, 0.15) is 17.7 Å². The van der Waals surface area contributed by atoms with Gasteiger partial charge in [0.2, 0.25) is 0 Å². The zero-order valence-electron chi connectivity index (χ0n) is 13.2. The Bertz CT molecular complexity index is 969. The van der Waals surface area contributed by atoms with Crippen LogP contribution >= 0.6 is 0 Å². The Kier molecular flexibility index (Phi) is 4.54. The second-order valence-corrected chi connectivity index (χ2v) is 7.11. The number of hydrogen-bond donors (Lipinski definition) is 1.